The number of hydrogen-bond acceptors (Lipinski definition) is 3. The summed E-state index contributed by atoms with van der Waals surface area (Å²) in [5.74, 6) is -1.94. The summed E-state index contributed by atoms with van der Waals surface area (Å²) in [5, 5.41) is 9.42. The molecule has 1 aromatic carbocycles. The molecule has 1 saturated carbocycles. The smallest absolute Gasteiger partial charge is 0.307 e. The second kappa shape index (κ2) is 4.57. The van der Waals surface area contributed by atoms with Crippen LogP contribution in [0.3, 0.4) is 0 Å². The zero-order chi connectivity index (χ0) is 14.5. The summed E-state index contributed by atoms with van der Waals surface area (Å²) < 4.78 is 5.22. The predicted molar refractivity (Wildman–Crippen MR) is 73.2 cm³/mol. The van der Waals surface area contributed by atoms with Gasteiger partial charge >= 0.3 is 5.97 Å². The van der Waals surface area contributed by atoms with Gasteiger partial charge in [-0.05, 0) is 18.1 Å². The van der Waals surface area contributed by atoms with Crippen molar-refractivity contribution in [2.75, 3.05) is 13.2 Å². The fourth-order valence-corrected chi connectivity index (χ4v) is 3.10. The predicted octanol–water partition coefficient (Wildman–Crippen LogP) is 2.53. The van der Waals surface area contributed by atoms with Crippen molar-refractivity contribution in [2.24, 2.45) is 11.8 Å². The number of hydrogen-bond donors (Lipinski definition) is 1. The van der Waals surface area contributed by atoms with Crippen molar-refractivity contribution in [3.8, 4) is 0 Å². The molecule has 5 heteroatoms. The summed E-state index contributed by atoms with van der Waals surface area (Å²) in [6.07, 6.45) is 0.430. The van der Waals surface area contributed by atoms with Crippen LogP contribution in [0.2, 0.25) is 5.02 Å². The molecule has 2 aliphatic rings. The summed E-state index contributed by atoms with van der Waals surface area (Å²) in [6.45, 7) is 3.33. The molecule has 1 N–H and O–H groups in total. The lowest BCUT2D eigenvalue weighted by molar-refractivity contribution is -0.138. The molecule has 0 amide bonds. The molecule has 2 fully saturated rings. The van der Waals surface area contributed by atoms with Crippen LogP contribution < -0.4 is 0 Å². The second-order valence-electron chi connectivity index (χ2n) is 5.90. The molecule has 1 aliphatic carbocycles. The third-order valence-electron chi connectivity index (χ3n) is 4.19. The summed E-state index contributed by atoms with van der Waals surface area (Å²) in [7, 11) is 0. The van der Waals surface area contributed by atoms with E-state index in [0.717, 1.165) is 5.56 Å². The maximum Gasteiger partial charge on any atom is 0.307 e. The third kappa shape index (κ3) is 2.13. The van der Waals surface area contributed by atoms with Gasteiger partial charge in [0.05, 0.1) is 19.1 Å². The number of halogens is 1. The summed E-state index contributed by atoms with van der Waals surface area (Å²) in [5.41, 5.74) is 1.39. The Kier molecular flexibility index (Phi) is 3.10. The van der Waals surface area contributed by atoms with Crippen molar-refractivity contribution in [1.82, 2.24) is 0 Å². The normalized spacial score (nSPS) is 26.7. The van der Waals surface area contributed by atoms with Crippen molar-refractivity contribution in [1.29, 1.82) is 0 Å². The Morgan fingerprint density at radius 2 is 2.05 bits per heavy atom. The van der Waals surface area contributed by atoms with Crippen LogP contribution >= 0.6 is 11.6 Å². The van der Waals surface area contributed by atoms with Crippen LogP contribution in [0, 0.1) is 11.8 Å². The van der Waals surface area contributed by atoms with E-state index in [1.165, 1.54) is 0 Å². The van der Waals surface area contributed by atoms with Crippen molar-refractivity contribution >= 4 is 23.4 Å². The van der Waals surface area contributed by atoms with Crippen LogP contribution in [-0.4, -0.2) is 30.1 Å². The Labute approximate surface area is 121 Å². The molecule has 0 radical (unpaired) electrons. The van der Waals surface area contributed by atoms with Gasteiger partial charge in [0.15, 0.2) is 5.78 Å². The van der Waals surface area contributed by atoms with Gasteiger partial charge in [0.2, 0.25) is 0 Å². The highest BCUT2D eigenvalue weighted by atomic mass is 35.5. The van der Waals surface area contributed by atoms with Gasteiger partial charge in [-0.3, -0.25) is 9.59 Å². The van der Waals surface area contributed by atoms with E-state index < -0.39 is 17.8 Å². The number of aliphatic carboxylic acids is 1. The first-order valence-electron chi connectivity index (χ1n) is 6.57. The molecule has 0 aromatic heterocycles. The highest BCUT2D eigenvalue weighted by Crippen LogP contribution is 2.42. The molecule has 1 saturated heterocycles. The number of carbonyl (C=O) groups is 2. The highest BCUT2D eigenvalue weighted by molar-refractivity contribution is 6.32. The Hall–Kier alpha value is -1.39. The van der Waals surface area contributed by atoms with Gasteiger partial charge in [0, 0.05) is 21.9 Å². The molecule has 1 aliphatic heterocycles. The number of carbonyl (C=O) groups excluding carboxylic acids is 1. The standard InChI is InChI=1S/C15H15ClO4/c1-15(6-20-7-15)11-3-2-8(4-12(11)16)13(17)9-5-10(9)14(18)19/h2-4,9-10H,5-7H2,1H3,(H,18,19). The summed E-state index contributed by atoms with van der Waals surface area (Å²) in [6, 6.07) is 5.25. The Morgan fingerprint density at radius 1 is 1.35 bits per heavy atom. The van der Waals surface area contributed by atoms with E-state index in [9.17, 15) is 9.59 Å². The molecule has 3 rings (SSSR count). The maximum atomic E-state index is 12.2. The zero-order valence-corrected chi connectivity index (χ0v) is 11.8. The molecule has 2 unspecified atom stereocenters. The van der Waals surface area contributed by atoms with E-state index in [-0.39, 0.29) is 11.2 Å². The topological polar surface area (TPSA) is 63.6 Å². The number of ether oxygens (including phenoxy) is 1. The van der Waals surface area contributed by atoms with E-state index in [0.29, 0.717) is 30.2 Å². The van der Waals surface area contributed by atoms with Crippen LogP contribution in [0.1, 0.15) is 29.3 Å². The molecule has 0 spiro atoms. The van der Waals surface area contributed by atoms with Gasteiger partial charge < -0.3 is 9.84 Å². The van der Waals surface area contributed by atoms with Crippen molar-refractivity contribution in [2.45, 2.75) is 18.8 Å². The van der Waals surface area contributed by atoms with Crippen molar-refractivity contribution < 1.29 is 19.4 Å². The minimum Gasteiger partial charge on any atom is -0.481 e. The lowest BCUT2D eigenvalue weighted by atomic mass is 9.80. The van der Waals surface area contributed by atoms with Crippen LogP contribution in [0.25, 0.3) is 0 Å². The van der Waals surface area contributed by atoms with E-state index >= 15 is 0 Å². The van der Waals surface area contributed by atoms with E-state index in [2.05, 4.69) is 6.92 Å². The largest absolute Gasteiger partial charge is 0.481 e. The SMILES string of the molecule is CC1(c2ccc(C(=O)C3CC3C(=O)O)cc2Cl)COC1. The number of carboxylic acids is 1. The molecule has 20 heavy (non-hydrogen) atoms. The minimum atomic E-state index is -0.898. The first-order valence-corrected chi connectivity index (χ1v) is 6.95. The van der Waals surface area contributed by atoms with Gasteiger partial charge in [0.25, 0.3) is 0 Å². The van der Waals surface area contributed by atoms with Gasteiger partial charge in [-0.15, -0.1) is 0 Å². The van der Waals surface area contributed by atoms with Crippen molar-refractivity contribution in [3.05, 3.63) is 34.3 Å². The highest BCUT2D eigenvalue weighted by Gasteiger charge is 2.48. The Bertz CT molecular complexity index is 592. The molecule has 4 nitrogen and oxygen atoms in total. The van der Waals surface area contributed by atoms with Crippen LogP contribution in [-0.2, 0) is 14.9 Å². The summed E-state index contributed by atoms with van der Waals surface area (Å²) in [4.78, 5) is 23.0. The first kappa shape index (κ1) is 13.6. The Morgan fingerprint density at radius 3 is 2.50 bits per heavy atom. The van der Waals surface area contributed by atoms with E-state index in [1.807, 2.05) is 6.07 Å². The maximum absolute atomic E-state index is 12.2. The van der Waals surface area contributed by atoms with E-state index in [1.54, 1.807) is 12.1 Å². The Balaban J connectivity index is 1.81. The van der Waals surface area contributed by atoms with Gasteiger partial charge in [-0.2, -0.15) is 0 Å². The lowest BCUT2D eigenvalue weighted by Crippen LogP contribution is -2.44. The van der Waals surface area contributed by atoms with Crippen molar-refractivity contribution in [3.63, 3.8) is 0 Å². The first-order chi connectivity index (χ1) is 9.42. The molecular formula is C15H15ClO4. The zero-order valence-electron chi connectivity index (χ0n) is 11.1. The molecule has 1 aromatic rings. The number of Topliss-reactive ketones (excluding diaryl/α,β-unsaturated/α-hetero) is 1. The fraction of sp³-hybridized carbons (Fsp3) is 0.467. The second-order valence-corrected chi connectivity index (χ2v) is 6.31. The van der Waals surface area contributed by atoms with Gasteiger partial charge in [-0.25, -0.2) is 0 Å². The average Bonchev–Trinajstić information content (AvgIpc) is 3.15. The average molecular weight is 295 g/mol. The molecule has 106 valence electrons. The third-order valence-corrected chi connectivity index (χ3v) is 4.50. The minimum absolute atomic E-state index is 0.0815. The lowest BCUT2D eigenvalue weighted by Gasteiger charge is -2.39. The molecule has 0 bridgehead atoms. The van der Waals surface area contributed by atoms with Gasteiger partial charge in [-0.1, -0.05) is 30.7 Å². The van der Waals surface area contributed by atoms with Crippen LogP contribution in [0.5, 0.6) is 0 Å². The van der Waals surface area contributed by atoms with Gasteiger partial charge in [0.1, 0.15) is 0 Å². The number of ketones is 1. The molecule has 2 atom stereocenters. The van der Waals surface area contributed by atoms with Crippen LogP contribution in [0.15, 0.2) is 18.2 Å². The number of benzene rings is 1. The summed E-state index contributed by atoms with van der Waals surface area (Å²) >= 11 is 6.27. The molecular weight excluding hydrogens is 280 g/mol. The fourth-order valence-electron chi connectivity index (χ4n) is 2.69. The monoisotopic (exact) mass is 294 g/mol. The number of rotatable bonds is 4. The van der Waals surface area contributed by atoms with E-state index in [4.69, 9.17) is 21.4 Å². The quantitative estimate of drug-likeness (QED) is 0.867. The number of carboxylic acid groups (broad SMARTS) is 1. The molecule has 1 heterocycles. The van der Waals surface area contributed by atoms with Crippen LogP contribution in [0.4, 0.5) is 0 Å².